The first-order valence-corrected chi connectivity index (χ1v) is 6.41. The van der Waals surface area contributed by atoms with Gasteiger partial charge in [0.2, 0.25) is 0 Å². The van der Waals surface area contributed by atoms with Gasteiger partial charge in [0.15, 0.2) is 0 Å². The lowest BCUT2D eigenvalue weighted by molar-refractivity contribution is 0.0953. The fourth-order valence-corrected chi connectivity index (χ4v) is 1.98. The summed E-state index contributed by atoms with van der Waals surface area (Å²) in [5.41, 5.74) is 8.39. The summed E-state index contributed by atoms with van der Waals surface area (Å²) in [5.74, 6) is -0.0584. The van der Waals surface area contributed by atoms with Gasteiger partial charge in [-0.15, -0.1) is 0 Å². The maximum atomic E-state index is 12.0. The molecule has 0 aliphatic rings. The number of hydrogen-bond donors (Lipinski definition) is 2. The highest BCUT2D eigenvalue weighted by Gasteiger charge is 2.08. The van der Waals surface area contributed by atoms with E-state index in [1.165, 1.54) is 5.56 Å². The van der Waals surface area contributed by atoms with Gasteiger partial charge in [-0.05, 0) is 23.6 Å². The SMILES string of the molecule is NCc1ccccc1C(=O)NCCc1ccccc1. The molecule has 0 radical (unpaired) electrons. The molecule has 2 rings (SSSR count). The average molecular weight is 254 g/mol. The van der Waals surface area contributed by atoms with Crippen molar-refractivity contribution in [3.8, 4) is 0 Å². The van der Waals surface area contributed by atoms with Gasteiger partial charge >= 0.3 is 0 Å². The molecule has 0 unspecified atom stereocenters. The van der Waals surface area contributed by atoms with Crippen molar-refractivity contribution in [3.05, 3.63) is 71.3 Å². The number of amides is 1. The third-order valence-electron chi connectivity index (χ3n) is 3.02. The van der Waals surface area contributed by atoms with Gasteiger partial charge in [0, 0.05) is 18.7 Å². The van der Waals surface area contributed by atoms with E-state index in [4.69, 9.17) is 5.73 Å². The molecule has 1 amide bonds. The first-order valence-electron chi connectivity index (χ1n) is 6.41. The van der Waals surface area contributed by atoms with Crippen LogP contribution in [0.1, 0.15) is 21.5 Å². The number of nitrogens with two attached hydrogens (primary N) is 1. The van der Waals surface area contributed by atoms with Crippen LogP contribution in [0.3, 0.4) is 0 Å². The number of carbonyl (C=O) groups is 1. The minimum absolute atomic E-state index is 0.0584. The van der Waals surface area contributed by atoms with Crippen LogP contribution < -0.4 is 11.1 Å². The number of nitrogens with one attached hydrogen (secondary N) is 1. The van der Waals surface area contributed by atoms with Crippen molar-refractivity contribution in [1.82, 2.24) is 5.32 Å². The smallest absolute Gasteiger partial charge is 0.251 e. The number of rotatable bonds is 5. The molecule has 0 spiro atoms. The van der Waals surface area contributed by atoms with E-state index in [1.54, 1.807) is 6.07 Å². The highest BCUT2D eigenvalue weighted by Crippen LogP contribution is 2.07. The van der Waals surface area contributed by atoms with Crippen LogP contribution in [0, 0.1) is 0 Å². The molecule has 0 aromatic heterocycles. The van der Waals surface area contributed by atoms with Crippen molar-refractivity contribution < 1.29 is 4.79 Å². The number of hydrogen-bond acceptors (Lipinski definition) is 2. The minimum Gasteiger partial charge on any atom is -0.352 e. The molecular weight excluding hydrogens is 236 g/mol. The summed E-state index contributed by atoms with van der Waals surface area (Å²) in [6.45, 7) is 1.00. The number of benzene rings is 2. The third-order valence-corrected chi connectivity index (χ3v) is 3.02. The Morgan fingerprint density at radius 3 is 2.42 bits per heavy atom. The summed E-state index contributed by atoms with van der Waals surface area (Å²) >= 11 is 0. The molecule has 0 fully saturated rings. The summed E-state index contributed by atoms with van der Waals surface area (Å²) in [5, 5.41) is 2.93. The Kier molecular flexibility index (Phi) is 4.70. The molecule has 0 saturated carbocycles. The summed E-state index contributed by atoms with van der Waals surface area (Å²) < 4.78 is 0. The highest BCUT2D eigenvalue weighted by atomic mass is 16.1. The quantitative estimate of drug-likeness (QED) is 0.858. The first kappa shape index (κ1) is 13.3. The second kappa shape index (κ2) is 6.71. The molecule has 19 heavy (non-hydrogen) atoms. The number of carbonyl (C=O) groups excluding carboxylic acids is 1. The van der Waals surface area contributed by atoms with Gasteiger partial charge in [0.05, 0.1) is 0 Å². The van der Waals surface area contributed by atoms with Crippen molar-refractivity contribution in [2.75, 3.05) is 6.54 Å². The van der Waals surface area contributed by atoms with Gasteiger partial charge in [0.25, 0.3) is 5.91 Å². The molecule has 3 nitrogen and oxygen atoms in total. The van der Waals surface area contributed by atoms with Crippen molar-refractivity contribution >= 4 is 5.91 Å². The molecule has 0 aliphatic heterocycles. The van der Waals surface area contributed by atoms with E-state index in [1.807, 2.05) is 36.4 Å². The van der Waals surface area contributed by atoms with E-state index < -0.39 is 0 Å². The zero-order valence-electron chi connectivity index (χ0n) is 10.8. The first-order chi connectivity index (χ1) is 9.31. The molecule has 98 valence electrons. The van der Waals surface area contributed by atoms with E-state index in [0.717, 1.165) is 12.0 Å². The maximum Gasteiger partial charge on any atom is 0.251 e. The fraction of sp³-hybridized carbons (Fsp3) is 0.188. The normalized spacial score (nSPS) is 10.2. The van der Waals surface area contributed by atoms with E-state index in [2.05, 4.69) is 17.4 Å². The van der Waals surface area contributed by atoms with Crippen LogP contribution in [0.4, 0.5) is 0 Å². The zero-order valence-corrected chi connectivity index (χ0v) is 10.8. The van der Waals surface area contributed by atoms with Gasteiger partial charge < -0.3 is 11.1 Å². The highest BCUT2D eigenvalue weighted by molar-refractivity contribution is 5.95. The molecule has 0 heterocycles. The van der Waals surface area contributed by atoms with E-state index in [-0.39, 0.29) is 5.91 Å². The fourth-order valence-electron chi connectivity index (χ4n) is 1.98. The van der Waals surface area contributed by atoms with Gasteiger partial charge in [-0.2, -0.15) is 0 Å². The van der Waals surface area contributed by atoms with Gasteiger partial charge in [0.1, 0.15) is 0 Å². The Morgan fingerprint density at radius 1 is 1.00 bits per heavy atom. The van der Waals surface area contributed by atoms with E-state index >= 15 is 0 Å². The Labute approximate surface area is 113 Å². The lowest BCUT2D eigenvalue weighted by atomic mass is 10.1. The lowest BCUT2D eigenvalue weighted by Crippen LogP contribution is -2.27. The van der Waals surface area contributed by atoms with Crippen molar-refractivity contribution in [3.63, 3.8) is 0 Å². The van der Waals surface area contributed by atoms with Crippen LogP contribution in [0.15, 0.2) is 54.6 Å². The lowest BCUT2D eigenvalue weighted by Gasteiger charge is -2.08. The Balaban J connectivity index is 1.91. The summed E-state index contributed by atoms with van der Waals surface area (Å²) in [4.78, 5) is 12.0. The largest absolute Gasteiger partial charge is 0.352 e. The van der Waals surface area contributed by atoms with Gasteiger partial charge in [-0.1, -0.05) is 48.5 Å². The van der Waals surface area contributed by atoms with E-state index in [0.29, 0.717) is 18.7 Å². The van der Waals surface area contributed by atoms with Gasteiger partial charge in [-0.3, -0.25) is 4.79 Å². The molecule has 0 aliphatic carbocycles. The summed E-state index contributed by atoms with van der Waals surface area (Å²) in [6.07, 6.45) is 0.831. The molecule has 0 bridgehead atoms. The maximum absolute atomic E-state index is 12.0. The standard InChI is InChI=1S/C16H18N2O/c17-12-14-8-4-5-9-15(14)16(19)18-11-10-13-6-2-1-3-7-13/h1-9H,10-12,17H2,(H,18,19). The minimum atomic E-state index is -0.0584. The van der Waals surface area contributed by atoms with Crippen LogP contribution in [-0.2, 0) is 13.0 Å². The van der Waals surface area contributed by atoms with Crippen LogP contribution >= 0.6 is 0 Å². The van der Waals surface area contributed by atoms with Crippen LogP contribution in [-0.4, -0.2) is 12.5 Å². The molecular formula is C16H18N2O. The van der Waals surface area contributed by atoms with Gasteiger partial charge in [-0.25, -0.2) is 0 Å². The average Bonchev–Trinajstić information content (AvgIpc) is 2.48. The monoisotopic (exact) mass is 254 g/mol. The molecule has 0 saturated heterocycles. The zero-order chi connectivity index (χ0) is 13.5. The van der Waals surface area contributed by atoms with Crippen molar-refractivity contribution in [2.24, 2.45) is 5.73 Å². The third kappa shape index (κ3) is 3.66. The molecule has 2 aromatic carbocycles. The summed E-state index contributed by atoms with van der Waals surface area (Å²) in [7, 11) is 0. The predicted octanol–water partition coefficient (Wildman–Crippen LogP) is 2.12. The Morgan fingerprint density at radius 2 is 1.68 bits per heavy atom. The van der Waals surface area contributed by atoms with Crippen molar-refractivity contribution in [1.29, 1.82) is 0 Å². The summed E-state index contributed by atoms with van der Waals surface area (Å²) in [6, 6.07) is 17.5. The second-order valence-electron chi connectivity index (χ2n) is 4.35. The molecule has 3 heteroatoms. The molecule has 2 aromatic rings. The Hall–Kier alpha value is -2.13. The van der Waals surface area contributed by atoms with Crippen LogP contribution in [0.5, 0.6) is 0 Å². The second-order valence-corrected chi connectivity index (χ2v) is 4.35. The van der Waals surface area contributed by atoms with E-state index in [9.17, 15) is 4.79 Å². The molecule has 3 N–H and O–H groups in total. The van der Waals surface area contributed by atoms with Crippen LogP contribution in [0.25, 0.3) is 0 Å². The topological polar surface area (TPSA) is 55.1 Å². The van der Waals surface area contributed by atoms with Crippen LogP contribution in [0.2, 0.25) is 0 Å². The molecule has 0 atom stereocenters. The van der Waals surface area contributed by atoms with Crippen molar-refractivity contribution in [2.45, 2.75) is 13.0 Å². The Bertz CT molecular complexity index is 537. The predicted molar refractivity (Wildman–Crippen MR) is 76.8 cm³/mol.